The van der Waals surface area contributed by atoms with Crippen molar-refractivity contribution < 1.29 is 9.59 Å². The van der Waals surface area contributed by atoms with Gasteiger partial charge in [-0.05, 0) is 44.2 Å². The minimum Gasteiger partial charge on any atom is -0.349 e. The second kappa shape index (κ2) is 7.51. The first-order valence-electron chi connectivity index (χ1n) is 8.86. The van der Waals surface area contributed by atoms with E-state index in [-0.39, 0.29) is 11.8 Å². The van der Waals surface area contributed by atoms with Gasteiger partial charge in [0, 0.05) is 18.8 Å². The van der Waals surface area contributed by atoms with Crippen molar-refractivity contribution in [2.24, 2.45) is 0 Å². The zero-order chi connectivity index (χ0) is 17.8. The van der Waals surface area contributed by atoms with Crippen LogP contribution in [-0.4, -0.2) is 27.9 Å². The molecule has 0 fully saturated rings. The van der Waals surface area contributed by atoms with Crippen LogP contribution in [0.1, 0.15) is 58.6 Å². The number of nitrogens with one attached hydrogen (secondary N) is 2. The van der Waals surface area contributed by atoms with E-state index in [9.17, 15) is 9.59 Å². The average molecular weight is 340 g/mol. The summed E-state index contributed by atoms with van der Waals surface area (Å²) >= 11 is 0. The van der Waals surface area contributed by atoms with E-state index in [2.05, 4.69) is 15.6 Å². The number of rotatable bonds is 5. The number of imidazole rings is 1. The van der Waals surface area contributed by atoms with Crippen LogP contribution in [0.25, 0.3) is 0 Å². The van der Waals surface area contributed by atoms with Gasteiger partial charge in [0.25, 0.3) is 11.8 Å². The van der Waals surface area contributed by atoms with E-state index in [1.807, 2.05) is 42.7 Å². The molecular weight excluding hydrogens is 316 g/mol. The molecule has 0 spiro atoms. The van der Waals surface area contributed by atoms with Crippen LogP contribution >= 0.6 is 0 Å². The third-order valence-corrected chi connectivity index (χ3v) is 4.46. The molecule has 0 bridgehead atoms. The van der Waals surface area contributed by atoms with Crippen LogP contribution in [0.2, 0.25) is 0 Å². The van der Waals surface area contributed by atoms with E-state index >= 15 is 0 Å². The smallest absolute Gasteiger partial charge is 0.287 e. The van der Waals surface area contributed by atoms with Crippen molar-refractivity contribution in [3.05, 3.63) is 47.0 Å². The minimum atomic E-state index is -0.255. The lowest BCUT2D eigenvalue weighted by Gasteiger charge is -2.17. The van der Waals surface area contributed by atoms with Crippen LogP contribution in [0.4, 0.5) is 5.69 Å². The molecule has 1 aromatic heterocycles. The van der Waals surface area contributed by atoms with Crippen molar-refractivity contribution in [1.29, 1.82) is 0 Å². The molecule has 0 aliphatic carbocycles. The fourth-order valence-electron chi connectivity index (χ4n) is 3.11. The molecule has 1 aliphatic rings. The zero-order valence-electron chi connectivity index (χ0n) is 14.8. The summed E-state index contributed by atoms with van der Waals surface area (Å²) in [6, 6.07) is 7.63. The summed E-state index contributed by atoms with van der Waals surface area (Å²) in [6.45, 7) is 5.28. The quantitative estimate of drug-likeness (QED) is 0.879. The van der Waals surface area contributed by atoms with E-state index in [1.54, 1.807) is 0 Å². The Morgan fingerprint density at radius 3 is 2.76 bits per heavy atom. The van der Waals surface area contributed by atoms with Crippen molar-refractivity contribution in [2.45, 2.75) is 46.1 Å². The average Bonchev–Trinajstić information content (AvgIpc) is 3.01. The molecule has 132 valence electrons. The molecule has 0 saturated heterocycles. The Morgan fingerprint density at radius 1 is 1.20 bits per heavy atom. The Hall–Kier alpha value is -2.63. The van der Waals surface area contributed by atoms with Crippen LogP contribution in [-0.2, 0) is 13.0 Å². The molecule has 6 nitrogen and oxygen atoms in total. The van der Waals surface area contributed by atoms with Gasteiger partial charge >= 0.3 is 0 Å². The summed E-state index contributed by atoms with van der Waals surface area (Å²) in [5.41, 5.74) is 2.98. The normalized spacial score (nSPS) is 13.2. The van der Waals surface area contributed by atoms with E-state index < -0.39 is 0 Å². The third-order valence-electron chi connectivity index (χ3n) is 4.46. The van der Waals surface area contributed by atoms with Crippen molar-refractivity contribution in [1.82, 2.24) is 14.9 Å². The molecule has 1 aliphatic heterocycles. The van der Waals surface area contributed by atoms with Crippen LogP contribution in [0.3, 0.4) is 0 Å². The van der Waals surface area contributed by atoms with Crippen LogP contribution in [0, 0.1) is 6.92 Å². The van der Waals surface area contributed by atoms with Crippen LogP contribution < -0.4 is 10.6 Å². The lowest BCUT2D eigenvalue weighted by atomic mass is 10.1. The Kier molecular flexibility index (Phi) is 5.16. The number of nitrogens with zero attached hydrogens (tertiary/aromatic N) is 2. The number of hydrogen-bond donors (Lipinski definition) is 2. The van der Waals surface area contributed by atoms with E-state index in [0.717, 1.165) is 49.2 Å². The Balaban J connectivity index is 1.90. The number of benzene rings is 1. The maximum absolute atomic E-state index is 12.8. The monoisotopic (exact) mass is 340 g/mol. The highest BCUT2D eigenvalue weighted by atomic mass is 16.2. The van der Waals surface area contributed by atoms with E-state index in [0.29, 0.717) is 18.1 Å². The van der Waals surface area contributed by atoms with Gasteiger partial charge in [-0.2, -0.15) is 0 Å². The predicted octanol–water partition coefficient (Wildman–Crippen LogP) is 2.92. The van der Waals surface area contributed by atoms with Crippen molar-refractivity contribution >= 4 is 17.5 Å². The molecule has 2 amide bonds. The van der Waals surface area contributed by atoms with Crippen molar-refractivity contribution in [2.75, 3.05) is 11.9 Å². The van der Waals surface area contributed by atoms with Crippen molar-refractivity contribution in [3.8, 4) is 0 Å². The Morgan fingerprint density at radius 2 is 2.00 bits per heavy atom. The maximum atomic E-state index is 12.8. The first-order valence-corrected chi connectivity index (χ1v) is 8.86. The number of aromatic nitrogens is 2. The second-order valence-electron chi connectivity index (χ2n) is 6.36. The Labute approximate surface area is 147 Å². The molecule has 25 heavy (non-hydrogen) atoms. The fourth-order valence-corrected chi connectivity index (χ4v) is 3.11. The first-order chi connectivity index (χ1) is 12.1. The molecule has 2 N–H and O–H groups in total. The Bertz CT molecular complexity index is 795. The predicted molar refractivity (Wildman–Crippen MR) is 96.9 cm³/mol. The molecule has 1 aromatic carbocycles. The van der Waals surface area contributed by atoms with Gasteiger partial charge < -0.3 is 15.2 Å². The number of carbonyl (C=O) groups excluding carboxylic acids is 2. The standard InChI is InChI=1S/C19H24N4O2/c1-3-11-20-19(25)17-22-16(15-10-6-7-12-23(15)17)18(24)21-14-9-5-4-8-13(14)2/h4-5,8-9H,3,6-7,10-12H2,1-2H3,(H,20,25)(H,21,24). The summed E-state index contributed by atoms with van der Waals surface area (Å²) < 4.78 is 1.90. The van der Waals surface area contributed by atoms with Gasteiger partial charge in [-0.1, -0.05) is 25.1 Å². The summed E-state index contributed by atoms with van der Waals surface area (Å²) in [5, 5.41) is 5.78. The molecule has 0 radical (unpaired) electrons. The summed E-state index contributed by atoms with van der Waals surface area (Å²) in [5.74, 6) is -0.118. The zero-order valence-corrected chi connectivity index (χ0v) is 14.8. The summed E-state index contributed by atoms with van der Waals surface area (Å²) in [6.07, 6.45) is 3.63. The number of amides is 2. The molecular formula is C19H24N4O2. The molecule has 2 aromatic rings. The number of anilines is 1. The fraction of sp³-hybridized carbons (Fsp3) is 0.421. The minimum absolute atomic E-state index is 0.208. The first kappa shape index (κ1) is 17.2. The maximum Gasteiger partial charge on any atom is 0.287 e. The van der Waals surface area contributed by atoms with Gasteiger partial charge in [-0.25, -0.2) is 4.98 Å². The van der Waals surface area contributed by atoms with Crippen LogP contribution in [0.5, 0.6) is 0 Å². The molecule has 0 unspecified atom stereocenters. The SMILES string of the molecule is CCCNC(=O)c1nc(C(=O)Nc2ccccc2C)c2n1CCCC2. The van der Waals surface area contributed by atoms with Gasteiger partial charge in [0.2, 0.25) is 0 Å². The lowest BCUT2D eigenvalue weighted by molar-refractivity contribution is 0.0937. The largest absolute Gasteiger partial charge is 0.349 e. The number of hydrogen-bond acceptors (Lipinski definition) is 3. The third kappa shape index (κ3) is 3.57. The highest BCUT2D eigenvalue weighted by Crippen LogP contribution is 2.23. The number of fused-ring (bicyclic) bond motifs is 1. The number of carbonyl (C=O) groups is 2. The summed E-state index contributed by atoms with van der Waals surface area (Å²) in [7, 11) is 0. The lowest BCUT2D eigenvalue weighted by Crippen LogP contribution is -2.28. The number of para-hydroxylation sites is 1. The van der Waals surface area contributed by atoms with Gasteiger partial charge in [-0.3, -0.25) is 9.59 Å². The van der Waals surface area contributed by atoms with Crippen LogP contribution in [0.15, 0.2) is 24.3 Å². The molecule has 0 atom stereocenters. The summed E-state index contributed by atoms with van der Waals surface area (Å²) in [4.78, 5) is 29.6. The van der Waals surface area contributed by atoms with Crippen molar-refractivity contribution in [3.63, 3.8) is 0 Å². The van der Waals surface area contributed by atoms with Gasteiger partial charge in [0.1, 0.15) is 0 Å². The molecule has 0 saturated carbocycles. The highest BCUT2D eigenvalue weighted by Gasteiger charge is 2.27. The number of aryl methyl sites for hydroxylation is 1. The molecule has 2 heterocycles. The topological polar surface area (TPSA) is 76.0 Å². The van der Waals surface area contributed by atoms with E-state index in [4.69, 9.17) is 0 Å². The highest BCUT2D eigenvalue weighted by molar-refractivity contribution is 6.05. The van der Waals surface area contributed by atoms with Gasteiger partial charge in [0.15, 0.2) is 11.5 Å². The van der Waals surface area contributed by atoms with E-state index in [1.165, 1.54) is 0 Å². The molecule has 3 rings (SSSR count). The van der Waals surface area contributed by atoms with Gasteiger partial charge in [0.05, 0.1) is 5.69 Å². The second-order valence-corrected chi connectivity index (χ2v) is 6.36. The van der Waals surface area contributed by atoms with Gasteiger partial charge in [-0.15, -0.1) is 0 Å². The molecule has 6 heteroatoms.